The molecule has 1 fully saturated rings. The van der Waals surface area contributed by atoms with Gasteiger partial charge in [0.1, 0.15) is 0 Å². The first-order valence-corrected chi connectivity index (χ1v) is 6.16. The molecule has 3 nitrogen and oxygen atoms in total. The van der Waals surface area contributed by atoms with Crippen LogP contribution in [0, 0.1) is 17.7 Å². The molecule has 2 rings (SSSR count). The molecule has 18 heavy (non-hydrogen) atoms. The summed E-state index contributed by atoms with van der Waals surface area (Å²) in [6, 6.07) is 4.56. The van der Waals surface area contributed by atoms with Crippen molar-refractivity contribution in [3.05, 3.63) is 29.6 Å². The molecule has 0 aromatic heterocycles. The van der Waals surface area contributed by atoms with Crippen LogP contribution in [0.3, 0.4) is 0 Å². The minimum Gasteiger partial charge on any atom is -0.494 e. The molecule has 0 radical (unpaired) electrons. The summed E-state index contributed by atoms with van der Waals surface area (Å²) in [5.41, 5.74) is 0.745. The maximum Gasteiger partial charge on any atom is 0.223 e. The Morgan fingerprint density at radius 1 is 1.56 bits per heavy atom. The summed E-state index contributed by atoms with van der Waals surface area (Å²) >= 11 is 0. The normalized spacial score (nSPS) is 23.3. The second kappa shape index (κ2) is 4.96. The van der Waals surface area contributed by atoms with Crippen molar-refractivity contribution >= 4 is 5.91 Å². The van der Waals surface area contributed by atoms with Crippen LogP contribution in [0.15, 0.2) is 18.2 Å². The SMILES string of the molecule is COc1ccc(C(C)NC(=O)C2CC2C)cc1F. The average molecular weight is 251 g/mol. The zero-order valence-corrected chi connectivity index (χ0v) is 10.9. The lowest BCUT2D eigenvalue weighted by Gasteiger charge is -2.15. The van der Waals surface area contributed by atoms with Crippen LogP contribution < -0.4 is 10.1 Å². The molecule has 0 heterocycles. The Balaban J connectivity index is 2.02. The standard InChI is InChI=1S/C14H18FNO2/c1-8-6-11(8)14(17)16-9(2)10-4-5-13(18-3)12(15)7-10/h4-5,7-9,11H,6H2,1-3H3,(H,16,17). The van der Waals surface area contributed by atoms with E-state index in [0.29, 0.717) is 5.92 Å². The van der Waals surface area contributed by atoms with Crippen LogP contribution in [0.1, 0.15) is 31.9 Å². The van der Waals surface area contributed by atoms with E-state index in [2.05, 4.69) is 12.2 Å². The molecule has 0 bridgehead atoms. The smallest absolute Gasteiger partial charge is 0.223 e. The molecule has 1 amide bonds. The largest absolute Gasteiger partial charge is 0.494 e. The summed E-state index contributed by atoms with van der Waals surface area (Å²) < 4.78 is 18.4. The molecular weight excluding hydrogens is 233 g/mol. The van der Waals surface area contributed by atoms with Gasteiger partial charge in [-0.25, -0.2) is 4.39 Å². The van der Waals surface area contributed by atoms with Crippen LogP contribution in [0.4, 0.5) is 4.39 Å². The van der Waals surface area contributed by atoms with Gasteiger partial charge in [-0.05, 0) is 37.0 Å². The van der Waals surface area contributed by atoms with Crippen molar-refractivity contribution < 1.29 is 13.9 Å². The van der Waals surface area contributed by atoms with Gasteiger partial charge in [-0.1, -0.05) is 13.0 Å². The van der Waals surface area contributed by atoms with Crippen molar-refractivity contribution in [2.24, 2.45) is 11.8 Å². The molecule has 1 aliphatic carbocycles. The summed E-state index contributed by atoms with van der Waals surface area (Å²) in [6.07, 6.45) is 0.954. The molecule has 3 atom stereocenters. The molecule has 1 saturated carbocycles. The number of nitrogens with one attached hydrogen (secondary N) is 1. The predicted molar refractivity (Wildman–Crippen MR) is 66.8 cm³/mol. The Morgan fingerprint density at radius 2 is 2.22 bits per heavy atom. The van der Waals surface area contributed by atoms with Crippen molar-refractivity contribution in [1.29, 1.82) is 0 Å². The van der Waals surface area contributed by atoms with Gasteiger partial charge in [0.05, 0.1) is 13.2 Å². The molecule has 4 heteroatoms. The maximum absolute atomic E-state index is 13.5. The summed E-state index contributed by atoms with van der Waals surface area (Å²) in [4.78, 5) is 11.8. The monoisotopic (exact) mass is 251 g/mol. The number of amides is 1. The fourth-order valence-electron chi connectivity index (χ4n) is 2.04. The van der Waals surface area contributed by atoms with Gasteiger partial charge in [0.15, 0.2) is 11.6 Å². The number of carbonyl (C=O) groups is 1. The third kappa shape index (κ3) is 2.63. The highest BCUT2D eigenvalue weighted by atomic mass is 19.1. The second-order valence-electron chi connectivity index (χ2n) is 4.94. The van der Waals surface area contributed by atoms with E-state index in [-0.39, 0.29) is 23.6 Å². The lowest BCUT2D eigenvalue weighted by Crippen LogP contribution is -2.28. The first-order valence-electron chi connectivity index (χ1n) is 6.16. The van der Waals surface area contributed by atoms with E-state index in [4.69, 9.17) is 4.74 Å². The predicted octanol–water partition coefficient (Wildman–Crippen LogP) is 2.67. The van der Waals surface area contributed by atoms with Crippen LogP contribution in [-0.4, -0.2) is 13.0 Å². The van der Waals surface area contributed by atoms with Gasteiger partial charge < -0.3 is 10.1 Å². The third-order valence-corrected chi connectivity index (χ3v) is 3.48. The second-order valence-corrected chi connectivity index (χ2v) is 4.94. The Bertz CT molecular complexity index is 461. The van der Waals surface area contributed by atoms with Gasteiger partial charge >= 0.3 is 0 Å². The van der Waals surface area contributed by atoms with Crippen molar-refractivity contribution in [2.75, 3.05) is 7.11 Å². The molecule has 0 spiro atoms. The van der Waals surface area contributed by atoms with E-state index in [1.54, 1.807) is 12.1 Å². The quantitative estimate of drug-likeness (QED) is 0.893. The fraction of sp³-hybridized carbons (Fsp3) is 0.500. The molecule has 1 aliphatic rings. The average Bonchev–Trinajstić information content (AvgIpc) is 3.06. The van der Waals surface area contributed by atoms with Gasteiger partial charge in [-0.3, -0.25) is 4.79 Å². The van der Waals surface area contributed by atoms with Gasteiger partial charge in [-0.2, -0.15) is 0 Å². The summed E-state index contributed by atoms with van der Waals surface area (Å²) in [5.74, 6) is 0.482. The van der Waals surface area contributed by atoms with E-state index in [1.165, 1.54) is 13.2 Å². The Labute approximate surface area is 106 Å². The summed E-state index contributed by atoms with van der Waals surface area (Å²) in [6.45, 7) is 3.91. The van der Waals surface area contributed by atoms with E-state index < -0.39 is 5.82 Å². The Morgan fingerprint density at radius 3 is 2.72 bits per heavy atom. The highest BCUT2D eigenvalue weighted by Gasteiger charge is 2.39. The number of halogens is 1. The van der Waals surface area contributed by atoms with E-state index >= 15 is 0 Å². The molecule has 1 aromatic rings. The highest BCUT2D eigenvalue weighted by molar-refractivity contribution is 5.81. The van der Waals surface area contributed by atoms with E-state index in [9.17, 15) is 9.18 Å². The third-order valence-electron chi connectivity index (χ3n) is 3.48. The van der Waals surface area contributed by atoms with E-state index in [1.807, 2.05) is 6.92 Å². The number of ether oxygens (including phenoxy) is 1. The zero-order chi connectivity index (χ0) is 13.3. The summed E-state index contributed by atoms with van der Waals surface area (Å²) in [5, 5.41) is 2.91. The number of hydrogen-bond donors (Lipinski definition) is 1. The minimum absolute atomic E-state index is 0.0613. The maximum atomic E-state index is 13.5. The van der Waals surface area contributed by atoms with Crippen LogP contribution in [-0.2, 0) is 4.79 Å². The van der Waals surface area contributed by atoms with Gasteiger partial charge in [0, 0.05) is 5.92 Å². The highest BCUT2D eigenvalue weighted by Crippen LogP contribution is 2.38. The first-order chi connectivity index (χ1) is 8.52. The van der Waals surface area contributed by atoms with Crippen molar-refractivity contribution in [3.8, 4) is 5.75 Å². The Kier molecular flexibility index (Phi) is 3.55. The molecular formula is C14H18FNO2. The molecule has 1 N–H and O–H groups in total. The van der Waals surface area contributed by atoms with Crippen molar-refractivity contribution in [1.82, 2.24) is 5.32 Å². The van der Waals surface area contributed by atoms with Gasteiger partial charge in [-0.15, -0.1) is 0 Å². The van der Waals surface area contributed by atoms with Crippen LogP contribution >= 0.6 is 0 Å². The molecule has 3 unspecified atom stereocenters. The molecule has 0 saturated heterocycles. The molecule has 98 valence electrons. The lowest BCUT2D eigenvalue weighted by molar-refractivity contribution is -0.123. The summed E-state index contributed by atoms with van der Waals surface area (Å²) in [7, 11) is 1.43. The topological polar surface area (TPSA) is 38.3 Å². The van der Waals surface area contributed by atoms with Gasteiger partial charge in [0.25, 0.3) is 0 Å². The number of hydrogen-bond acceptors (Lipinski definition) is 2. The number of carbonyl (C=O) groups excluding carboxylic acids is 1. The first kappa shape index (κ1) is 12.9. The number of benzene rings is 1. The van der Waals surface area contributed by atoms with Crippen molar-refractivity contribution in [2.45, 2.75) is 26.3 Å². The zero-order valence-electron chi connectivity index (χ0n) is 10.9. The molecule has 0 aliphatic heterocycles. The Hall–Kier alpha value is -1.58. The molecule has 1 aromatic carbocycles. The van der Waals surface area contributed by atoms with E-state index in [0.717, 1.165) is 12.0 Å². The number of rotatable bonds is 4. The van der Waals surface area contributed by atoms with Crippen LogP contribution in [0.2, 0.25) is 0 Å². The number of methoxy groups -OCH3 is 1. The minimum atomic E-state index is -0.407. The fourth-order valence-corrected chi connectivity index (χ4v) is 2.04. The van der Waals surface area contributed by atoms with Gasteiger partial charge in [0.2, 0.25) is 5.91 Å². The van der Waals surface area contributed by atoms with Crippen LogP contribution in [0.25, 0.3) is 0 Å². The lowest BCUT2D eigenvalue weighted by atomic mass is 10.1. The van der Waals surface area contributed by atoms with Crippen LogP contribution in [0.5, 0.6) is 5.75 Å². The van der Waals surface area contributed by atoms with Crippen molar-refractivity contribution in [3.63, 3.8) is 0 Å².